The fourth-order valence-electron chi connectivity index (χ4n) is 3.62. The van der Waals surface area contributed by atoms with Gasteiger partial charge < -0.3 is 10.1 Å². The number of benzene rings is 3. The summed E-state index contributed by atoms with van der Waals surface area (Å²) in [6.45, 7) is 2.31. The molecule has 4 rings (SSSR count). The third-order valence-corrected chi connectivity index (χ3v) is 6.49. The Balaban J connectivity index is 1.61. The predicted molar refractivity (Wildman–Crippen MR) is 139 cm³/mol. The summed E-state index contributed by atoms with van der Waals surface area (Å²) in [4.78, 5) is 12.6. The zero-order chi connectivity index (χ0) is 29.1. The summed E-state index contributed by atoms with van der Waals surface area (Å²) in [7, 11) is 0. The van der Waals surface area contributed by atoms with Crippen molar-refractivity contribution in [2.45, 2.75) is 24.4 Å². The second kappa shape index (κ2) is 11.8. The van der Waals surface area contributed by atoms with E-state index in [4.69, 9.17) is 16.3 Å². The number of halogens is 7. The number of anilines is 1. The van der Waals surface area contributed by atoms with Crippen LogP contribution < -0.4 is 10.1 Å². The van der Waals surface area contributed by atoms with Crippen LogP contribution in [0.15, 0.2) is 71.9 Å². The molecule has 3 aromatic carbocycles. The van der Waals surface area contributed by atoms with E-state index < -0.39 is 35.1 Å². The highest BCUT2D eigenvalue weighted by Gasteiger charge is 2.37. The molecule has 0 bridgehead atoms. The van der Waals surface area contributed by atoms with Crippen molar-refractivity contribution in [3.05, 3.63) is 82.9 Å². The molecule has 0 fully saturated rings. The number of nitrogens with zero attached hydrogens (tertiary/aromatic N) is 3. The van der Waals surface area contributed by atoms with Crippen LogP contribution in [0.3, 0.4) is 0 Å². The number of carbonyl (C=O) groups is 1. The van der Waals surface area contributed by atoms with Crippen LogP contribution in [0.5, 0.6) is 5.75 Å². The fourth-order valence-corrected chi connectivity index (χ4v) is 4.57. The van der Waals surface area contributed by atoms with Gasteiger partial charge in [-0.3, -0.25) is 9.36 Å². The van der Waals surface area contributed by atoms with Crippen molar-refractivity contribution >= 4 is 35.0 Å². The van der Waals surface area contributed by atoms with E-state index in [1.54, 1.807) is 53.1 Å². The number of thioether (sulfide) groups is 1. The molecule has 0 atom stereocenters. The molecule has 0 aliphatic heterocycles. The number of rotatable bonds is 8. The van der Waals surface area contributed by atoms with Gasteiger partial charge >= 0.3 is 12.4 Å². The summed E-state index contributed by atoms with van der Waals surface area (Å²) < 4.78 is 86.1. The minimum atomic E-state index is -5.04. The Morgan fingerprint density at radius 3 is 2.17 bits per heavy atom. The first-order valence-electron chi connectivity index (χ1n) is 11.5. The van der Waals surface area contributed by atoms with Crippen molar-refractivity contribution in [1.82, 2.24) is 14.8 Å². The van der Waals surface area contributed by atoms with Crippen molar-refractivity contribution in [1.29, 1.82) is 0 Å². The van der Waals surface area contributed by atoms with Crippen LogP contribution in [0.2, 0.25) is 5.02 Å². The molecule has 14 heteroatoms. The van der Waals surface area contributed by atoms with E-state index in [-0.39, 0.29) is 17.0 Å². The van der Waals surface area contributed by atoms with E-state index >= 15 is 0 Å². The molecule has 0 saturated carbocycles. The number of ether oxygens (including phenoxy) is 1. The van der Waals surface area contributed by atoms with Gasteiger partial charge in [0, 0.05) is 22.0 Å². The van der Waals surface area contributed by atoms with Crippen LogP contribution in [0, 0.1) is 0 Å². The molecular weight excluding hydrogens is 582 g/mol. The Morgan fingerprint density at radius 1 is 0.950 bits per heavy atom. The van der Waals surface area contributed by atoms with Gasteiger partial charge in [0.1, 0.15) is 5.75 Å². The summed E-state index contributed by atoms with van der Waals surface area (Å²) in [5.41, 5.74) is -2.48. The van der Waals surface area contributed by atoms with Crippen LogP contribution in [0.25, 0.3) is 17.1 Å². The second-order valence-corrected chi connectivity index (χ2v) is 9.59. The monoisotopic (exact) mass is 600 g/mol. The minimum absolute atomic E-state index is 0.0128. The van der Waals surface area contributed by atoms with Gasteiger partial charge in [-0.1, -0.05) is 35.5 Å². The Bertz CT molecular complexity index is 1470. The molecule has 0 saturated heterocycles. The average Bonchev–Trinajstić information content (AvgIpc) is 3.31. The highest BCUT2D eigenvalue weighted by molar-refractivity contribution is 7.99. The van der Waals surface area contributed by atoms with Crippen molar-refractivity contribution in [2.24, 2.45) is 0 Å². The molecule has 40 heavy (non-hydrogen) atoms. The van der Waals surface area contributed by atoms with Crippen molar-refractivity contribution in [2.75, 3.05) is 17.7 Å². The maximum absolute atomic E-state index is 13.2. The summed E-state index contributed by atoms with van der Waals surface area (Å²) in [6, 6.07) is 14.6. The Morgan fingerprint density at radius 2 is 1.60 bits per heavy atom. The van der Waals surface area contributed by atoms with Gasteiger partial charge in [-0.15, -0.1) is 10.2 Å². The number of amides is 1. The molecule has 4 aromatic rings. The molecule has 210 valence electrons. The molecule has 1 N–H and O–H groups in total. The lowest BCUT2D eigenvalue weighted by Crippen LogP contribution is -2.17. The van der Waals surface area contributed by atoms with Gasteiger partial charge in [-0.25, -0.2) is 0 Å². The van der Waals surface area contributed by atoms with Gasteiger partial charge in [-0.05, 0) is 61.5 Å². The van der Waals surface area contributed by atoms with Gasteiger partial charge in [0.25, 0.3) is 0 Å². The summed E-state index contributed by atoms with van der Waals surface area (Å²) in [6.07, 6.45) is -10.1. The molecule has 1 amide bonds. The third kappa shape index (κ3) is 7.07. The average molecular weight is 601 g/mol. The first-order valence-corrected chi connectivity index (χ1v) is 12.9. The van der Waals surface area contributed by atoms with E-state index in [2.05, 4.69) is 15.5 Å². The van der Waals surface area contributed by atoms with Gasteiger partial charge in [0.15, 0.2) is 11.0 Å². The number of nitrogens with one attached hydrogen (secondary N) is 1. The molecule has 0 spiro atoms. The third-order valence-electron chi connectivity index (χ3n) is 5.33. The van der Waals surface area contributed by atoms with Crippen LogP contribution in [0.4, 0.5) is 32.0 Å². The SMILES string of the molecule is CCOc1ccc(-n2c(SCC(=O)Nc3cc(C(F)(F)F)cc(C(F)(F)F)c3)nnc2-c2cccc(Cl)c2)cc1. The Labute approximate surface area is 233 Å². The lowest BCUT2D eigenvalue weighted by atomic mass is 10.1. The molecule has 0 radical (unpaired) electrons. The topological polar surface area (TPSA) is 69.0 Å². The largest absolute Gasteiger partial charge is 0.494 e. The Kier molecular flexibility index (Phi) is 8.64. The van der Waals surface area contributed by atoms with Crippen LogP contribution in [-0.4, -0.2) is 33.0 Å². The minimum Gasteiger partial charge on any atom is -0.494 e. The van der Waals surface area contributed by atoms with Crippen LogP contribution >= 0.6 is 23.4 Å². The summed E-state index contributed by atoms with van der Waals surface area (Å²) in [5, 5.41) is 11.2. The van der Waals surface area contributed by atoms with E-state index in [1.165, 1.54) is 0 Å². The van der Waals surface area contributed by atoms with Gasteiger partial charge in [0.05, 0.1) is 23.5 Å². The Hall–Kier alpha value is -3.71. The number of alkyl halides is 6. The summed E-state index contributed by atoms with van der Waals surface area (Å²) in [5.74, 6) is -0.218. The smallest absolute Gasteiger partial charge is 0.416 e. The zero-order valence-corrected chi connectivity index (χ0v) is 22.0. The van der Waals surface area contributed by atoms with Crippen LogP contribution in [-0.2, 0) is 17.1 Å². The number of hydrogen-bond donors (Lipinski definition) is 1. The van der Waals surface area contributed by atoms with E-state index in [0.717, 1.165) is 11.8 Å². The molecule has 1 heterocycles. The predicted octanol–water partition coefficient (Wildman–Crippen LogP) is 7.75. The lowest BCUT2D eigenvalue weighted by molar-refractivity contribution is -0.143. The molecular formula is C26H19ClF6N4O2S. The lowest BCUT2D eigenvalue weighted by Gasteiger charge is -2.15. The van der Waals surface area contributed by atoms with E-state index in [1.807, 2.05) is 6.92 Å². The molecule has 0 aliphatic rings. The highest BCUT2D eigenvalue weighted by Crippen LogP contribution is 2.38. The molecule has 0 unspecified atom stereocenters. The molecule has 6 nitrogen and oxygen atoms in total. The van der Waals surface area contributed by atoms with Gasteiger partial charge in [0.2, 0.25) is 5.91 Å². The van der Waals surface area contributed by atoms with Crippen LogP contribution in [0.1, 0.15) is 18.1 Å². The highest BCUT2D eigenvalue weighted by atomic mass is 35.5. The van der Waals surface area contributed by atoms with E-state index in [0.29, 0.717) is 46.6 Å². The van der Waals surface area contributed by atoms with Crippen molar-refractivity contribution in [3.63, 3.8) is 0 Å². The summed E-state index contributed by atoms with van der Waals surface area (Å²) >= 11 is 7.03. The van der Waals surface area contributed by atoms with Gasteiger partial charge in [-0.2, -0.15) is 26.3 Å². The van der Waals surface area contributed by atoms with Crippen molar-refractivity contribution in [3.8, 4) is 22.8 Å². The molecule has 1 aromatic heterocycles. The maximum Gasteiger partial charge on any atom is 0.416 e. The molecule has 0 aliphatic carbocycles. The zero-order valence-electron chi connectivity index (χ0n) is 20.5. The first kappa shape index (κ1) is 29.3. The quantitative estimate of drug-likeness (QED) is 0.165. The number of carbonyl (C=O) groups excluding carboxylic acids is 1. The maximum atomic E-state index is 13.2. The standard InChI is InChI=1S/C26H19ClF6N4O2S/c1-2-39-21-8-6-20(7-9-21)37-23(15-4-3-5-18(27)10-15)35-36-24(37)40-14-22(38)34-19-12-16(25(28,29)30)11-17(13-19)26(31,32)33/h3-13H,2,14H2,1H3,(H,34,38). The second-order valence-electron chi connectivity index (χ2n) is 8.21. The number of hydrogen-bond acceptors (Lipinski definition) is 5. The van der Waals surface area contributed by atoms with Crippen molar-refractivity contribution < 1.29 is 35.9 Å². The first-order chi connectivity index (χ1) is 18.8. The van der Waals surface area contributed by atoms with E-state index in [9.17, 15) is 31.1 Å². The fraction of sp³-hybridized carbons (Fsp3) is 0.192. The normalized spacial score (nSPS) is 11.9. The number of aromatic nitrogens is 3.